The van der Waals surface area contributed by atoms with Crippen LogP contribution < -0.4 is 0 Å². The zero-order chi connectivity index (χ0) is 19.5. The highest BCUT2D eigenvalue weighted by Crippen LogP contribution is 2.30. The Labute approximate surface area is 171 Å². The van der Waals surface area contributed by atoms with E-state index in [1.807, 2.05) is 0 Å². The van der Waals surface area contributed by atoms with E-state index in [9.17, 15) is 14.9 Å². The molecule has 2 aliphatic heterocycles. The Morgan fingerprint density at radius 2 is 2.00 bits per heavy atom. The van der Waals surface area contributed by atoms with Gasteiger partial charge in [-0.3, -0.25) is 9.59 Å². The maximum absolute atomic E-state index is 12.9. The van der Waals surface area contributed by atoms with Crippen molar-refractivity contribution in [2.24, 2.45) is 5.92 Å². The number of thioether (sulfide) groups is 1. The highest BCUT2D eigenvalue weighted by molar-refractivity contribution is 7.99. The third-order valence-electron chi connectivity index (χ3n) is 6.39. The summed E-state index contributed by atoms with van der Waals surface area (Å²) in [4.78, 5) is 29.3. The number of hydrogen-bond donors (Lipinski definition) is 0. The van der Waals surface area contributed by atoms with E-state index in [4.69, 9.17) is 0 Å². The SMILES string of the molecule is N#C[C@@H]1CSCN1C(=O)[C@@H]1CCCN1C(=O)CC[C@H]1CCc2ccccc2C1. The molecule has 1 aromatic rings. The number of benzene rings is 1. The summed E-state index contributed by atoms with van der Waals surface area (Å²) in [5.41, 5.74) is 2.88. The van der Waals surface area contributed by atoms with Crippen LogP contribution in [0.15, 0.2) is 24.3 Å². The topological polar surface area (TPSA) is 64.4 Å². The number of likely N-dealkylation sites (tertiary alicyclic amines) is 1. The molecule has 0 radical (unpaired) electrons. The molecular weight excluding hydrogens is 370 g/mol. The van der Waals surface area contributed by atoms with Gasteiger partial charge in [-0.1, -0.05) is 24.3 Å². The van der Waals surface area contributed by atoms with Crippen molar-refractivity contribution in [3.8, 4) is 6.07 Å². The van der Waals surface area contributed by atoms with Crippen LogP contribution in [0, 0.1) is 17.2 Å². The maximum atomic E-state index is 12.9. The summed E-state index contributed by atoms with van der Waals surface area (Å²) in [6.07, 6.45) is 6.31. The first kappa shape index (κ1) is 19.3. The number of carbonyl (C=O) groups excluding carboxylic acids is 2. The minimum atomic E-state index is -0.367. The Bertz CT molecular complexity index is 790. The van der Waals surface area contributed by atoms with Crippen molar-refractivity contribution in [2.75, 3.05) is 18.2 Å². The number of nitriles is 1. The van der Waals surface area contributed by atoms with Gasteiger partial charge < -0.3 is 9.80 Å². The fourth-order valence-electron chi connectivity index (χ4n) is 4.77. The van der Waals surface area contributed by atoms with Gasteiger partial charge in [0.15, 0.2) is 0 Å². The molecule has 0 unspecified atom stereocenters. The van der Waals surface area contributed by atoms with Crippen LogP contribution in [-0.4, -0.2) is 51.9 Å². The molecule has 0 N–H and O–H groups in total. The number of amides is 2. The van der Waals surface area contributed by atoms with Gasteiger partial charge in [0.25, 0.3) is 0 Å². The Balaban J connectivity index is 1.33. The van der Waals surface area contributed by atoms with Gasteiger partial charge in [0.1, 0.15) is 12.1 Å². The second-order valence-electron chi connectivity index (χ2n) is 8.11. The molecule has 1 aliphatic carbocycles. The molecule has 5 nitrogen and oxygen atoms in total. The van der Waals surface area contributed by atoms with Gasteiger partial charge in [0.05, 0.1) is 11.9 Å². The van der Waals surface area contributed by atoms with E-state index in [1.54, 1.807) is 21.6 Å². The van der Waals surface area contributed by atoms with Crippen LogP contribution in [0.3, 0.4) is 0 Å². The molecule has 2 saturated heterocycles. The molecule has 0 aromatic heterocycles. The molecule has 3 aliphatic rings. The summed E-state index contributed by atoms with van der Waals surface area (Å²) in [6.45, 7) is 0.668. The first-order valence-corrected chi connectivity index (χ1v) is 11.5. The quantitative estimate of drug-likeness (QED) is 0.783. The maximum Gasteiger partial charge on any atom is 0.247 e. The first-order chi connectivity index (χ1) is 13.7. The summed E-state index contributed by atoms with van der Waals surface area (Å²) in [5.74, 6) is 1.86. The van der Waals surface area contributed by atoms with Gasteiger partial charge in [0.2, 0.25) is 11.8 Å². The second kappa shape index (κ2) is 8.57. The Morgan fingerprint density at radius 3 is 2.82 bits per heavy atom. The van der Waals surface area contributed by atoms with E-state index >= 15 is 0 Å². The van der Waals surface area contributed by atoms with Gasteiger partial charge in [-0.2, -0.15) is 5.26 Å². The number of fused-ring (bicyclic) bond motifs is 1. The number of rotatable bonds is 4. The zero-order valence-corrected chi connectivity index (χ0v) is 17.0. The predicted octanol–water partition coefficient (Wildman–Crippen LogP) is 2.99. The molecule has 2 fully saturated rings. The lowest BCUT2D eigenvalue weighted by atomic mass is 9.81. The lowest BCUT2D eigenvalue weighted by Gasteiger charge is -2.30. The summed E-state index contributed by atoms with van der Waals surface area (Å²) in [7, 11) is 0. The number of nitrogens with zero attached hydrogens (tertiary/aromatic N) is 3. The molecule has 3 atom stereocenters. The van der Waals surface area contributed by atoms with Crippen LogP contribution >= 0.6 is 11.8 Å². The van der Waals surface area contributed by atoms with Crippen LogP contribution in [-0.2, 0) is 22.4 Å². The van der Waals surface area contributed by atoms with Crippen molar-refractivity contribution < 1.29 is 9.59 Å². The van der Waals surface area contributed by atoms with E-state index in [2.05, 4.69) is 30.3 Å². The molecule has 6 heteroatoms. The smallest absolute Gasteiger partial charge is 0.247 e. The molecule has 1 aromatic carbocycles. The van der Waals surface area contributed by atoms with Crippen molar-refractivity contribution in [1.82, 2.24) is 9.80 Å². The minimum Gasteiger partial charge on any atom is -0.331 e. The third-order valence-corrected chi connectivity index (χ3v) is 7.40. The number of carbonyl (C=O) groups is 2. The minimum absolute atomic E-state index is 0.0333. The van der Waals surface area contributed by atoms with Crippen LogP contribution in [0.2, 0.25) is 0 Å². The summed E-state index contributed by atoms with van der Waals surface area (Å²) in [6, 6.07) is 10.1. The molecule has 2 heterocycles. The molecule has 2 amide bonds. The highest BCUT2D eigenvalue weighted by atomic mass is 32.2. The van der Waals surface area contributed by atoms with Crippen molar-refractivity contribution in [1.29, 1.82) is 5.26 Å². The third kappa shape index (κ3) is 3.91. The van der Waals surface area contributed by atoms with E-state index in [0.29, 0.717) is 30.5 Å². The number of hydrogen-bond acceptors (Lipinski definition) is 4. The highest BCUT2D eigenvalue weighted by Gasteiger charge is 2.40. The molecule has 4 rings (SSSR count). The fraction of sp³-hybridized carbons (Fsp3) is 0.591. The lowest BCUT2D eigenvalue weighted by Crippen LogP contribution is -2.49. The van der Waals surface area contributed by atoms with Crippen molar-refractivity contribution in [3.63, 3.8) is 0 Å². The standard InChI is InChI=1S/C22H27N3O2S/c23-13-19-14-28-15-25(19)22(27)20-6-3-11-24(20)21(26)10-8-16-7-9-17-4-1-2-5-18(17)12-16/h1-2,4-5,16,19-20H,3,6-12,14-15H2/t16-,19-,20+/m1/s1. The lowest BCUT2D eigenvalue weighted by molar-refractivity contribution is -0.143. The molecule has 0 saturated carbocycles. The van der Waals surface area contributed by atoms with Gasteiger partial charge in [-0.05, 0) is 55.6 Å². The van der Waals surface area contributed by atoms with E-state index in [-0.39, 0.29) is 23.9 Å². The van der Waals surface area contributed by atoms with Gasteiger partial charge in [-0.15, -0.1) is 11.8 Å². The van der Waals surface area contributed by atoms with Crippen LogP contribution in [0.25, 0.3) is 0 Å². The average molecular weight is 398 g/mol. The molecule has 148 valence electrons. The predicted molar refractivity (Wildman–Crippen MR) is 109 cm³/mol. The molecular formula is C22H27N3O2S. The van der Waals surface area contributed by atoms with Crippen molar-refractivity contribution in [3.05, 3.63) is 35.4 Å². The van der Waals surface area contributed by atoms with Gasteiger partial charge in [0, 0.05) is 18.7 Å². The second-order valence-corrected chi connectivity index (χ2v) is 9.11. The van der Waals surface area contributed by atoms with Crippen LogP contribution in [0.1, 0.15) is 43.2 Å². The normalized spacial score (nSPS) is 26.8. The average Bonchev–Trinajstić information content (AvgIpc) is 3.40. The molecule has 0 bridgehead atoms. The van der Waals surface area contributed by atoms with Gasteiger partial charge in [-0.25, -0.2) is 0 Å². The summed E-state index contributed by atoms with van der Waals surface area (Å²) >= 11 is 1.61. The monoisotopic (exact) mass is 397 g/mol. The first-order valence-electron chi connectivity index (χ1n) is 10.3. The largest absolute Gasteiger partial charge is 0.331 e. The fourth-order valence-corrected chi connectivity index (χ4v) is 5.86. The van der Waals surface area contributed by atoms with Crippen molar-refractivity contribution >= 4 is 23.6 Å². The van der Waals surface area contributed by atoms with E-state index in [0.717, 1.165) is 38.5 Å². The van der Waals surface area contributed by atoms with E-state index in [1.165, 1.54) is 11.1 Å². The Hall–Kier alpha value is -2.00. The summed E-state index contributed by atoms with van der Waals surface area (Å²) in [5, 5.41) is 9.26. The number of aryl methyl sites for hydroxylation is 1. The Kier molecular flexibility index (Phi) is 5.91. The van der Waals surface area contributed by atoms with Crippen molar-refractivity contribution in [2.45, 2.75) is 57.0 Å². The van der Waals surface area contributed by atoms with Crippen LogP contribution in [0.5, 0.6) is 0 Å². The molecule has 0 spiro atoms. The zero-order valence-electron chi connectivity index (χ0n) is 16.2. The Morgan fingerprint density at radius 1 is 1.18 bits per heavy atom. The van der Waals surface area contributed by atoms with E-state index < -0.39 is 0 Å². The summed E-state index contributed by atoms with van der Waals surface area (Å²) < 4.78 is 0. The van der Waals surface area contributed by atoms with Crippen LogP contribution in [0.4, 0.5) is 0 Å². The van der Waals surface area contributed by atoms with Gasteiger partial charge >= 0.3 is 0 Å². The molecule has 28 heavy (non-hydrogen) atoms.